The van der Waals surface area contributed by atoms with Crippen LogP contribution in [0.4, 0.5) is 0 Å². The molecule has 2 saturated heterocycles. The van der Waals surface area contributed by atoms with E-state index in [4.69, 9.17) is 0 Å². The molecule has 1 unspecified atom stereocenters. The second-order valence-electron chi connectivity index (χ2n) is 10.8. The maximum atomic E-state index is 13.6. The summed E-state index contributed by atoms with van der Waals surface area (Å²) in [6.07, 6.45) is 4.69. The van der Waals surface area contributed by atoms with Gasteiger partial charge in [0.1, 0.15) is 11.8 Å². The van der Waals surface area contributed by atoms with Gasteiger partial charge in [0.05, 0.1) is 12.0 Å². The van der Waals surface area contributed by atoms with E-state index in [1.165, 1.54) is 0 Å². The summed E-state index contributed by atoms with van der Waals surface area (Å²) in [6.45, 7) is 1.36. The van der Waals surface area contributed by atoms with Crippen LogP contribution in [0, 0.1) is 5.92 Å². The van der Waals surface area contributed by atoms with Crippen molar-refractivity contribution in [2.75, 3.05) is 13.1 Å². The topological polar surface area (TPSA) is 116 Å². The number of likely N-dealkylation sites (tertiary alicyclic amines) is 1. The van der Waals surface area contributed by atoms with Gasteiger partial charge in [-0.3, -0.25) is 19.2 Å². The molecule has 0 aromatic heterocycles. The monoisotopic (exact) mass is 533 g/mol. The number of hydrogen-bond acceptors (Lipinski definition) is 5. The van der Waals surface area contributed by atoms with Crippen LogP contribution in [0.2, 0.25) is 0 Å². The molecule has 2 aromatic carbocycles. The Morgan fingerprint density at radius 1 is 0.872 bits per heavy atom. The highest BCUT2D eigenvalue weighted by Gasteiger charge is 2.37. The van der Waals surface area contributed by atoms with Gasteiger partial charge < -0.3 is 20.6 Å². The molecular weight excluding hydrogens is 494 g/mol. The molecule has 8 nitrogen and oxygen atoms in total. The van der Waals surface area contributed by atoms with Gasteiger partial charge in [0, 0.05) is 25.4 Å². The molecule has 208 valence electrons. The third kappa shape index (κ3) is 8.23. The van der Waals surface area contributed by atoms with Crippen molar-refractivity contribution in [1.29, 1.82) is 0 Å². The SMILES string of the molecule is O=C(CC(Cc1ccccc1)NC(=O)[C@@H]1CCCCN1C(=O)[C@@H]1CCCN1)C[C@@H](Cc1ccccc1)C(=O)O. The Balaban J connectivity index is 1.44. The van der Waals surface area contributed by atoms with Crippen LogP contribution < -0.4 is 10.6 Å². The molecule has 0 spiro atoms. The number of nitrogens with zero attached hydrogens (tertiary/aromatic N) is 1. The van der Waals surface area contributed by atoms with Gasteiger partial charge in [-0.05, 0) is 62.6 Å². The Labute approximate surface area is 230 Å². The molecule has 4 atom stereocenters. The van der Waals surface area contributed by atoms with Crippen LogP contribution in [0.1, 0.15) is 56.1 Å². The van der Waals surface area contributed by atoms with E-state index < -0.39 is 24.0 Å². The molecular formula is C31H39N3O5. The Kier molecular flexibility index (Phi) is 10.3. The number of carbonyl (C=O) groups is 4. The van der Waals surface area contributed by atoms with Crippen LogP contribution in [0.15, 0.2) is 60.7 Å². The van der Waals surface area contributed by atoms with Crippen molar-refractivity contribution >= 4 is 23.6 Å². The van der Waals surface area contributed by atoms with E-state index in [1.807, 2.05) is 60.7 Å². The fourth-order valence-corrected chi connectivity index (χ4v) is 5.71. The number of amides is 2. The average molecular weight is 534 g/mol. The van der Waals surface area contributed by atoms with Gasteiger partial charge in [0.25, 0.3) is 0 Å². The first-order valence-electron chi connectivity index (χ1n) is 14.1. The highest BCUT2D eigenvalue weighted by atomic mass is 16.4. The van der Waals surface area contributed by atoms with Gasteiger partial charge in [-0.15, -0.1) is 0 Å². The summed E-state index contributed by atoms with van der Waals surface area (Å²) in [5.41, 5.74) is 1.84. The lowest BCUT2D eigenvalue weighted by atomic mass is 9.91. The summed E-state index contributed by atoms with van der Waals surface area (Å²) in [5, 5.41) is 16.1. The number of aliphatic carboxylic acids is 1. The molecule has 0 bridgehead atoms. The summed E-state index contributed by atoms with van der Waals surface area (Å²) < 4.78 is 0. The van der Waals surface area contributed by atoms with Crippen molar-refractivity contribution in [3.63, 3.8) is 0 Å². The molecule has 0 saturated carbocycles. The summed E-state index contributed by atoms with van der Waals surface area (Å²) in [6, 6.07) is 17.6. The number of benzene rings is 2. The second-order valence-corrected chi connectivity index (χ2v) is 10.8. The zero-order chi connectivity index (χ0) is 27.6. The largest absolute Gasteiger partial charge is 0.481 e. The number of hydrogen-bond donors (Lipinski definition) is 3. The van der Waals surface area contributed by atoms with E-state index in [-0.39, 0.29) is 42.9 Å². The number of piperidine rings is 1. The normalized spacial score (nSPS) is 20.7. The minimum absolute atomic E-state index is 0.0201. The molecule has 2 fully saturated rings. The van der Waals surface area contributed by atoms with Gasteiger partial charge in [-0.1, -0.05) is 60.7 Å². The van der Waals surface area contributed by atoms with Gasteiger partial charge in [-0.25, -0.2) is 0 Å². The molecule has 4 rings (SSSR count). The van der Waals surface area contributed by atoms with Crippen molar-refractivity contribution in [3.05, 3.63) is 71.8 Å². The minimum atomic E-state index is -1.01. The first-order chi connectivity index (χ1) is 18.9. The fourth-order valence-electron chi connectivity index (χ4n) is 5.71. The standard InChI is InChI=1S/C31H39N3O5/c35-26(20-24(31(38)39)18-22-10-3-1-4-11-22)21-25(19-23-12-5-2-6-13-23)33-29(36)28-15-7-8-17-34(28)30(37)27-14-9-16-32-27/h1-6,10-13,24-25,27-28,32H,7-9,14-21H2,(H,33,36)(H,38,39)/t24-,25?,27+,28+/m1/s1. The number of carboxylic acid groups (broad SMARTS) is 1. The number of ketones is 1. The average Bonchev–Trinajstić information content (AvgIpc) is 3.48. The number of Topliss-reactive ketones (excluding diaryl/α,β-unsaturated/α-hetero) is 1. The van der Waals surface area contributed by atoms with Gasteiger partial charge in [0.15, 0.2) is 0 Å². The molecule has 0 aliphatic carbocycles. The minimum Gasteiger partial charge on any atom is -0.481 e. The Morgan fingerprint density at radius 2 is 1.54 bits per heavy atom. The first kappa shape index (κ1) is 28.5. The Hall–Kier alpha value is -3.52. The molecule has 2 heterocycles. The summed E-state index contributed by atoms with van der Waals surface area (Å²) in [4.78, 5) is 53.6. The molecule has 3 N–H and O–H groups in total. The van der Waals surface area contributed by atoms with Crippen molar-refractivity contribution < 1.29 is 24.3 Å². The lowest BCUT2D eigenvalue weighted by molar-refractivity contribution is -0.144. The van der Waals surface area contributed by atoms with Crippen molar-refractivity contribution in [2.24, 2.45) is 5.92 Å². The highest BCUT2D eigenvalue weighted by Crippen LogP contribution is 2.22. The quantitative estimate of drug-likeness (QED) is 0.386. The van der Waals surface area contributed by atoms with E-state index in [2.05, 4.69) is 10.6 Å². The summed E-state index contributed by atoms with van der Waals surface area (Å²) in [7, 11) is 0. The fraction of sp³-hybridized carbons (Fsp3) is 0.484. The maximum Gasteiger partial charge on any atom is 0.307 e. The van der Waals surface area contributed by atoms with Crippen LogP contribution in [0.5, 0.6) is 0 Å². The molecule has 2 aliphatic heterocycles. The van der Waals surface area contributed by atoms with Gasteiger partial charge in [0.2, 0.25) is 11.8 Å². The van der Waals surface area contributed by atoms with Crippen LogP contribution in [0.25, 0.3) is 0 Å². The molecule has 0 radical (unpaired) electrons. The molecule has 2 amide bonds. The molecule has 2 aromatic rings. The van der Waals surface area contributed by atoms with E-state index in [0.29, 0.717) is 19.4 Å². The van der Waals surface area contributed by atoms with E-state index in [0.717, 1.165) is 43.4 Å². The van der Waals surface area contributed by atoms with E-state index >= 15 is 0 Å². The number of carboxylic acids is 1. The lowest BCUT2D eigenvalue weighted by Crippen LogP contribution is -2.57. The van der Waals surface area contributed by atoms with Gasteiger partial charge >= 0.3 is 5.97 Å². The maximum absolute atomic E-state index is 13.6. The van der Waals surface area contributed by atoms with Crippen LogP contribution in [-0.4, -0.2) is 64.8 Å². The number of rotatable bonds is 12. The Morgan fingerprint density at radius 3 is 2.15 bits per heavy atom. The predicted octanol–water partition coefficient (Wildman–Crippen LogP) is 3.14. The van der Waals surface area contributed by atoms with E-state index in [9.17, 15) is 24.3 Å². The lowest BCUT2D eigenvalue weighted by Gasteiger charge is -2.37. The second kappa shape index (κ2) is 14.0. The Bertz CT molecular complexity index is 1120. The number of carbonyl (C=O) groups excluding carboxylic acids is 3. The third-order valence-electron chi connectivity index (χ3n) is 7.74. The molecule has 39 heavy (non-hydrogen) atoms. The molecule has 2 aliphatic rings. The van der Waals surface area contributed by atoms with Crippen molar-refractivity contribution in [1.82, 2.24) is 15.5 Å². The molecule has 8 heteroatoms. The highest BCUT2D eigenvalue weighted by molar-refractivity contribution is 5.91. The first-order valence-corrected chi connectivity index (χ1v) is 14.1. The van der Waals surface area contributed by atoms with Crippen molar-refractivity contribution in [2.45, 2.75) is 75.9 Å². The summed E-state index contributed by atoms with van der Waals surface area (Å²) >= 11 is 0. The van der Waals surface area contributed by atoms with Crippen LogP contribution in [0.3, 0.4) is 0 Å². The predicted molar refractivity (Wildman–Crippen MR) is 148 cm³/mol. The third-order valence-corrected chi connectivity index (χ3v) is 7.74. The smallest absolute Gasteiger partial charge is 0.307 e. The van der Waals surface area contributed by atoms with Crippen molar-refractivity contribution in [3.8, 4) is 0 Å². The van der Waals surface area contributed by atoms with E-state index in [1.54, 1.807) is 4.90 Å². The van der Waals surface area contributed by atoms with Crippen LogP contribution >= 0.6 is 0 Å². The number of nitrogens with one attached hydrogen (secondary N) is 2. The zero-order valence-electron chi connectivity index (χ0n) is 22.4. The van der Waals surface area contributed by atoms with Crippen LogP contribution in [-0.2, 0) is 32.0 Å². The summed E-state index contributed by atoms with van der Waals surface area (Å²) in [5.74, 6) is -2.31. The van der Waals surface area contributed by atoms with Gasteiger partial charge in [-0.2, -0.15) is 0 Å². The zero-order valence-corrected chi connectivity index (χ0v) is 22.4.